The van der Waals surface area contributed by atoms with Gasteiger partial charge in [0.15, 0.2) is 0 Å². The van der Waals surface area contributed by atoms with Crippen molar-refractivity contribution in [2.45, 2.75) is 70.9 Å². The summed E-state index contributed by atoms with van der Waals surface area (Å²) in [6, 6.07) is 0. The number of nitrogens with zero attached hydrogens (tertiary/aromatic N) is 5. The predicted octanol–water partition coefficient (Wildman–Crippen LogP) is 3.24. The van der Waals surface area contributed by atoms with Gasteiger partial charge in [-0.15, -0.1) is 0 Å². The smallest absolute Gasteiger partial charge is 0.224 e. The summed E-state index contributed by atoms with van der Waals surface area (Å²) in [5.74, 6) is 3.69. The summed E-state index contributed by atoms with van der Waals surface area (Å²) in [7, 11) is 0. The zero-order valence-corrected chi connectivity index (χ0v) is 16.4. The van der Waals surface area contributed by atoms with Crippen molar-refractivity contribution in [3.63, 3.8) is 0 Å². The first-order valence-corrected chi connectivity index (χ1v) is 10.5. The van der Waals surface area contributed by atoms with Crippen molar-refractivity contribution in [2.75, 3.05) is 13.1 Å². The highest BCUT2D eigenvalue weighted by Gasteiger charge is 2.28. The Labute approximate surface area is 161 Å². The van der Waals surface area contributed by atoms with Crippen LogP contribution < -0.4 is 0 Å². The van der Waals surface area contributed by atoms with Crippen molar-refractivity contribution < 1.29 is 4.79 Å². The third kappa shape index (κ3) is 4.09. The molecule has 6 heteroatoms. The fourth-order valence-electron chi connectivity index (χ4n) is 4.44. The number of hydrogen-bond donors (Lipinski definition) is 0. The number of carbonyl (C=O) groups is 1. The first-order chi connectivity index (χ1) is 13.2. The van der Waals surface area contributed by atoms with Crippen LogP contribution in [0.1, 0.15) is 63.0 Å². The van der Waals surface area contributed by atoms with Gasteiger partial charge in [0.1, 0.15) is 11.6 Å². The van der Waals surface area contributed by atoms with Crippen LogP contribution in [0.15, 0.2) is 24.8 Å². The lowest BCUT2D eigenvalue weighted by atomic mass is 9.85. The number of imidazole rings is 2. The van der Waals surface area contributed by atoms with Gasteiger partial charge in [0, 0.05) is 69.7 Å². The Morgan fingerprint density at radius 2 is 1.93 bits per heavy atom. The van der Waals surface area contributed by atoms with E-state index in [4.69, 9.17) is 0 Å². The number of aryl methyl sites for hydroxylation is 2. The second-order valence-corrected chi connectivity index (χ2v) is 8.05. The molecule has 3 heterocycles. The number of carbonyl (C=O) groups excluding carboxylic acids is 1. The van der Waals surface area contributed by atoms with E-state index < -0.39 is 0 Å². The molecule has 0 bridgehead atoms. The average molecular weight is 370 g/mol. The van der Waals surface area contributed by atoms with Crippen molar-refractivity contribution in [3.8, 4) is 0 Å². The van der Waals surface area contributed by atoms with Crippen LogP contribution in [0.2, 0.25) is 0 Å². The molecular weight excluding hydrogens is 338 g/mol. The molecule has 1 saturated heterocycles. The van der Waals surface area contributed by atoms with E-state index in [2.05, 4.69) is 37.1 Å². The topological polar surface area (TPSA) is 56.0 Å². The van der Waals surface area contributed by atoms with Crippen LogP contribution in [0.5, 0.6) is 0 Å². The van der Waals surface area contributed by atoms with Crippen LogP contribution in [0.25, 0.3) is 0 Å². The standard InChI is InChI=1S/C21H31N5O/c1-2-19-22-9-13-24(19)12-8-20(27)25-11-4-7-18(16-25)21-23-10-14-26(21)15-17-5-3-6-17/h9-10,13-14,17-18H,2-8,11-12,15-16H2,1H3. The highest BCUT2D eigenvalue weighted by molar-refractivity contribution is 5.76. The van der Waals surface area contributed by atoms with E-state index in [0.29, 0.717) is 12.3 Å². The summed E-state index contributed by atoms with van der Waals surface area (Å²) in [5.41, 5.74) is 0. The van der Waals surface area contributed by atoms with Crippen molar-refractivity contribution in [1.82, 2.24) is 24.0 Å². The third-order valence-corrected chi connectivity index (χ3v) is 6.25. The van der Waals surface area contributed by atoms with Gasteiger partial charge in [-0.3, -0.25) is 4.79 Å². The van der Waals surface area contributed by atoms with Gasteiger partial charge in [0.25, 0.3) is 0 Å². The molecule has 2 aliphatic rings. The molecule has 2 aromatic heterocycles. The van der Waals surface area contributed by atoms with E-state index in [-0.39, 0.29) is 5.91 Å². The normalized spacial score (nSPS) is 20.6. The number of likely N-dealkylation sites (tertiary alicyclic amines) is 1. The minimum absolute atomic E-state index is 0.257. The van der Waals surface area contributed by atoms with E-state index in [1.165, 1.54) is 25.1 Å². The summed E-state index contributed by atoms with van der Waals surface area (Å²) < 4.78 is 4.45. The first kappa shape index (κ1) is 18.3. The van der Waals surface area contributed by atoms with Crippen molar-refractivity contribution in [3.05, 3.63) is 36.4 Å². The largest absolute Gasteiger partial charge is 0.342 e. The molecule has 0 spiro atoms. The fourth-order valence-corrected chi connectivity index (χ4v) is 4.44. The Bertz CT molecular complexity index is 760. The summed E-state index contributed by atoms with van der Waals surface area (Å²) >= 11 is 0. The Morgan fingerprint density at radius 1 is 1.11 bits per heavy atom. The molecule has 1 aliphatic carbocycles. The highest BCUT2D eigenvalue weighted by Crippen LogP contribution is 2.31. The molecule has 4 rings (SSSR count). The van der Waals surface area contributed by atoms with E-state index in [1.807, 2.05) is 18.6 Å². The predicted molar refractivity (Wildman–Crippen MR) is 104 cm³/mol. The van der Waals surface area contributed by atoms with E-state index >= 15 is 0 Å². The number of rotatable bonds is 7. The molecule has 1 atom stereocenters. The van der Waals surface area contributed by atoms with Crippen LogP contribution in [0.3, 0.4) is 0 Å². The number of amides is 1. The Kier molecular flexibility index (Phi) is 5.60. The molecule has 1 amide bonds. The lowest BCUT2D eigenvalue weighted by Gasteiger charge is -2.34. The zero-order chi connectivity index (χ0) is 18.6. The van der Waals surface area contributed by atoms with Gasteiger partial charge in [-0.2, -0.15) is 0 Å². The lowest BCUT2D eigenvalue weighted by molar-refractivity contribution is -0.132. The van der Waals surface area contributed by atoms with Gasteiger partial charge in [0.05, 0.1) is 0 Å². The van der Waals surface area contributed by atoms with Crippen molar-refractivity contribution in [1.29, 1.82) is 0 Å². The van der Waals surface area contributed by atoms with Gasteiger partial charge in [0.2, 0.25) is 5.91 Å². The molecule has 0 N–H and O–H groups in total. The van der Waals surface area contributed by atoms with Gasteiger partial charge >= 0.3 is 0 Å². The molecule has 2 fully saturated rings. The Hall–Kier alpha value is -2.11. The van der Waals surface area contributed by atoms with E-state index in [9.17, 15) is 4.79 Å². The molecule has 2 aromatic rings. The molecule has 6 nitrogen and oxygen atoms in total. The molecule has 0 aromatic carbocycles. The molecule has 1 saturated carbocycles. The lowest BCUT2D eigenvalue weighted by Crippen LogP contribution is -2.40. The fraction of sp³-hybridized carbons (Fsp3) is 0.667. The van der Waals surface area contributed by atoms with E-state index in [0.717, 1.165) is 57.2 Å². The molecule has 1 unspecified atom stereocenters. The van der Waals surface area contributed by atoms with Gasteiger partial charge in [-0.25, -0.2) is 9.97 Å². The van der Waals surface area contributed by atoms with Crippen molar-refractivity contribution >= 4 is 5.91 Å². The van der Waals surface area contributed by atoms with Crippen LogP contribution in [-0.2, 0) is 24.3 Å². The molecule has 1 aliphatic heterocycles. The minimum atomic E-state index is 0.257. The minimum Gasteiger partial charge on any atom is -0.342 e. The number of aromatic nitrogens is 4. The van der Waals surface area contributed by atoms with E-state index in [1.54, 1.807) is 0 Å². The van der Waals surface area contributed by atoms with Gasteiger partial charge in [-0.1, -0.05) is 13.3 Å². The highest BCUT2D eigenvalue weighted by atomic mass is 16.2. The number of hydrogen-bond acceptors (Lipinski definition) is 3. The first-order valence-electron chi connectivity index (χ1n) is 10.5. The Morgan fingerprint density at radius 3 is 2.70 bits per heavy atom. The average Bonchev–Trinajstić information content (AvgIpc) is 3.31. The SMILES string of the molecule is CCc1nccn1CCC(=O)N1CCCC(c2nccn2CC2CCC2)C1. The summed E-state index contributed by atoms with van der Waals surface area (Å²) in [4.78, 5) is 23.9. The molecule has 27 heavy (non-hydrogen) atoms. The van der Waals surface area contributed by atoms with Gasteiger partial charge in [-0.05, 0) is 31.6 Å². The van der Waals surface area contributed by atoms with Crippen LogP contribution >= 0.6 is 0 Å². The third-order valence-electron chi connectivity index (χ3n) is 6.25. The maximum absolute atomic E-state index is 12.8. The van der Waals surface area contributed by atoms with Crippen LogP contribution in [0, 0.1) is 5.92 Å². The molecule has 146 valence electrons. The monoisotopic (exact) mass is 369 g/mol. The van der Waals surface area contributed by atoms with Gasteiger partial charge < -0.3 is 14.0 Å². The van der Waals surface area contributed by atoms with Crippen molar-refractivity contribution in [2.24, 2.45) is 5.92 Å². The molecular formula is C21H31N5O. The second kappa shape index (κ2) is 8.28. The zero-order valence-electron chi connectivity index (χ0n) is 16.4. The summed E-state index contributed by atoms with van der Waals surface area (Å²) in [5, 5.41) is 0. The summed E-state index contributed by atoms with van der Waals surface area (Å²) in [6.07, 6.45) is 15.6. The van der Waals surface area contributed by atoms with Crippen LogP contribution in [-0.4, -0.2) is 43.0 Å². The maximum Gasteiger partial charge on any atom is 0.224 e. The Balaban J connectivity index is 1.35. The number of piperidine rings is 1. The molecule has 0 radical (unpaired) electrons. The van der Waals surface area contributed by atoms with Crippen LogP contribution in [0.4, 0.5) is 0 Å². The summed E-state index contributed by atoms with van der Waals surface area (Å²) in [6.45, 7) is 5.61. The maximum atomic E-state index is 12.8. The quantitative estimate of drug-likeness (QED) is 0.753. The second-order valence-electron chi connectivity index (χ2n) is 8.05.